The number of piperidine rings is 1. The summed E-state index contributed by atoms with van der Waals surface area (Å²) in [6, 6.07) is 10.2. The van der Waals surface area contributed by atoms with Gasteiger partial charge in [0.25, 0.3) is 0 Å². The van der Waals surface area contributed by atoms with E-state index in [-0.39, 0.29) is 0 Å². The van der Waals surface area contributed by atoms with Crippen molar-refractivity contribution >= 4 is 5.69 Å². The average molecular weight is 244 g/mol. The highest BCUT2D eigenvalue weighted by Gasteiger charge is 2.38. The third kappa shape index (κ3) is 2.03. The molecule has 18 heavy (non-hydrogen) atoms. The van der Waals surface area contributed by atoms with Gasteiger partial charge in [0.2, 0.25) is 0 Å². The summed E-state index contributed by atoms with van der Waals surface area (Å²) in [4.78, 5) is 2.66. The Balaban J connectivity index is 1.87. The molecule has 3 atom stereocenters. The summed E-state index contributed by atoms with van der Waals surface area (Å²) in [5.41, 5.74) is 2.94. The summed E-state index contributed by atoms with van der Waals surface area (Å²) >= 11 is 0. The van der Waals surface area contributed by atoms with Crippen LogP contribution in [0.3, 0.4) is 0 Å². The van der Waals surface area contributed by atoms with Crippen molar-refractivity contribution in [2.45, 2.75) is 45.2 Å². The third-order valence-electron chi connectivity index (χ3n) is 4.63. The Morgan fingerprint density at radius 3 is 2.83 bits per heavy atom. The normalized spacial score (nSPS) is 27.8. The molecule has 0 aromatic heterocycles. The first-order valence-corrected chi connectivity index (χ1v) is 7.38. The molecule has 1 aliphatic carbocycles. The van der Waals surface area contributed by atoms with Gasteiger partial charge in [0.1, 0.15) is 0 Å². The van der Waals surface area contributed by atoms with Crippen molar-refractivity contribution in [3.8, 4) is 0 Å². The molecule has 1 saturated heterocycles. The molecule has 2 nitrogen and oxygen atoms in total. The summed E-state index contributed by atoms with van der Waals surface area (Å²) in [5, 5.41) is 3.54. The Labute approximate surface area is 110 Å². The lowest BCUT2D eigenvalue weighted by atomic mass is 10.0. The minimum Gasteiger partial charge on any atom is -0.368 e. The predicted molar refractivity (Wildman–Crippen MR) is 77.0 cm³/mol. The second-order valence-corrected chi connectivity index (χ2v) is 5.82. The van der Waals surface area contributed by atoms with Gasteiger partial charge in [-0.3, -0.25) is 0 Å². The molecule has 3 unspecified atom stereocenters. The number of fused-ring (bicyclic) bond motifs is 2. The van der Waals surface area contributed by atoms with Crippen LogP contribution in [-0.2, 0) is 0 Å². The number of anilines is 1. The molecule has 1 N–H and O–H groups in total. The van der Waals surface area contributed by atoms with Crippen molar-refractivity contribution in [2.24, 2.45) is 5.92 Å². The van der Waals surface area contributed by atoms with E-state index in [1.54, 1.807) is 0 Å². The SMILES string of the molecule is CCNC(C)c1ccccc1N1CC2CCC1C2. The van der Waals surface area contributed by atoms with Crippen LogP contribution in [0.5, 0.6) is 0 Å². The summed E-state index contributed by atoms with van der Waals surface area (Å²) < 4.78 is 0. The first-order chi connectivity index (χ1) is 8.79. The average Bonchev–Trinajstić information content (AvgIpc) is 3.01. The maximum Gasteiger partial charge on any atom is 0.0417 e. The van der Waals surface area contributed by atoms with Crippen LogP contribution in [0.15, 0.2) is 24.3 Å². The van der Waals surface area contributed by atoms with Crippen LogP contribution in [0.4, 0.5) is 5.69 Å². The first kappa shape index (κ1) is 12.0. The molecule has 0 amide bonds. The standard InChI is InChI=1S/C16H24N2/c1-3-17-12(2)15-6-4-5-7-16(15)18-11-13-8-9-14(18)10-13/h4-7,12-14,17H,3,8-11H2,1-2H3. The number of para-hydroxylation sites is 1. The van der Waals surface area contributed by atoms with Crippen LogP contribution in [0, 0.1) is 5.92 Å². The minimum atomic E-state index is 0.449. The fourth-order valence-corrected chi connectivity index (χ4v) is 3.75. The number of nitrogens with zero attached hydrogens (tertiary/aromatic N) is 1. The van der Waals surface area contributed by atoms with Crippen LogP contribution in [0.25, 0.3) is 0 Å². The predicted octanol–water partition coefficient (Wildman–Crippen LogP) is 3.35. The summed E-state index contributed by atoms with van der Waals surface area (Å²) in [6.07, 6.45) is 4.27. The van der Waals surface area contributed by atoms with E-state index in [0.717, 1.165) is 18.5 Å². The Kier molecular flexibility index (Phi) is 3.29. The molecule has 98 valence electrons. The highest BCUT2D eigenvalue weighted by molar-refractivity contribution is 5.57. The summed E-state index contributed by atoms with van der Waals surface area (Å²) in [5.74, 6) is 0.956. The van der Waals surface area contributed by atoms with Gasteiger partial charge in [0.05, 0.1) is 0 Å². The van der Waals surface area contributed by atoms with Gasteiger partial charge in [0.15, 0.2) is 0 Å². The van der Waals surface area contributed by atoms with E-state index >= 15 is 0 Å². The van der Waals surface area contributed by atoms with Crippen molar-refractivity contribution in [2.75, 3.05) is 18.0 Å². The lowest BCUT2D eigenvalue weighted by Gasteiger charge is -2.32. The Bertz CT molecular complexity index is 415. The zero-order valence-electron chi connectivity index (χ0n) is 11.5. The zero-order valence-corrected chi connectivity index (χ0v) is 11.5. The van der Waals surface area contributed by atoms with Gasteiger partial charge in [0, 0.05) is 24.3 Å². The monoisotopic (exact) mass is 244 g/mol. The van der Waals surface area contributed by atoms with Gasteiger partial charge in [-0.2, -0.15) is 0 Å². The molecule has 0 spiro atoms. The maximum atomic E-state index is 3.54. The second kappa shape index (κ2) is 4.93. The molecule has 2 bridgehead atoms. The van der Waals surface area contributed by atoms with Crippen molar-refractivity contribution < 1.29 is 0 Å². The van der Waals surface area contributed by atoms with Crippen LogP contribution in [0.2, 0.25) is 0 Å². The van der Waals surface area contributed by atoms with Gasteiger partial charge in [-0.15, -0.1) is 0 Å². The Morgan fingerprint density at radius 1 is 1.33 bits per heavy atom. The molecular weight excluding hydrogens is 220 g/mol. The minimum absolute atomic E-state index is 0.449. The van der Waals surface area contributed by atoms with Crippen molar-refractivity contribution in [1.82, 2.24) is 5.32 Å². The molecule has 2 heteroatoms. The highest BCUT2D eigenvalue weighted by Crippen LogP contribution is 2.42. The van der Waals surface area contributed by atoms with Gasteiger partial charge in [-0.25, -0.2) is 0 Å². The number of hydrogen-bond acceptors (Lipinski definition) is 2. The summed E-state index contributed by atoms with van der Waals surface area (Å²) in [7, 11) is 0. The van der Waals surface area contributed by atoms with E-state index in [2.05, 4.69) is 48.3 Å². The molecule has 1 aromatic carbocycles. The Morgan fingerprint density at radius 2 is 2.17 bits per heavy atom. The van der Waals surface area contributed by atoms with E-state index in [0.29, 0.717) is 6.04 Å². The molecule has 0 radical (unpaired) electrons. The number of nitrogens with one attached hydrogen (secondary N) is 1. The van der Waals surface area contributed by atoms with Crippen molar-refractivity contribution in [1.29, 1.82) is 0 Å². The van der Waals surface area contributed by atoms with E-state index in [1.807, 2.05) is 0 Å². The molecule has 1 aliphatic heterocycles. The molecule has 1 saturated carbocycles. The first-order valence-electron chi connectivity index (χ1n) is 7.38. The van der Waals surface area contributed by atoms with Gasteiger partial charge >= 0.3 is 0 Å². The molecular formula is C16H24N2. The maximum absolute atomic E-state index is 3.54. The van der Waals surface area contributed by atoms with Crippen LogP contribution in [-0.4, -0.2) is 19.1 Å². The van der Waals surface area contributed by atoms with E-state index in [9.17, 15) is 0 Å². The fourth-order valence-electron chi connectivity index (χ4n) is 3.75. The third-order valence-corrected chi connectivity index (χ3v) is 4.63. The highest BCUT2D eigenvalue weighted by atomic mass is 15.2. The largest absolute Gasteiger partial charge is 0.368 e. The summed E-state index contributed by atoms with van der Waals surface area (Å²) in [6.45, 7) is 6.76. The van der Waals surface area contributed by atoms with E-state index in [1.165, 1.54) is 37.1 Å². The molecule has 1 heterocycles. The molecule has 3 rings (SSSR count). The topological polar surface area (TPSA) is 15.3 Å². The van der Waals surface area contributed by atoms with Crippen molar-refractivity contribution in [3.05, 3.63) is 29.8 Å². The second-order valence-electron chi connectivity index (χ2n) is 5.82. The smallest absolute Gasteiger partial charge is 0.0417 e. The van der Waals surface area contributed by atoms with Gasteiger partial charge < -0.3 is 10.2 Å². The number of rotatable bonds is 4. The number of benzene rings is 1. The van der Waals surface area contributed by atoms with E-state index < -0.39 is 0 Å². The molecule has 2 aliphatic rings. The van der Waals surface area contributed by atoms with Crippen LogP contribution in [0.1, 0.15) is 44.7 Å². The Hall–Kier alpha value is -1.02. The lowest BCUT2D eigenvalue weighted by Crippen LogP contribution is -2.33. The lowest BCUT2D eigenvalue weighted by molar-refractivity contribution is 0.546. The van der Waals surface area contributed by atoms with Crippen LogP contribution < -0.4 is 10.2 Å². The molecule has 2 fully saturated rings. The molecule has 1 aromatic rings. The van der Waals surface area contributed by atoms with Gasteiger partial charge in [-0.05, 0) is 50.3 Å². The van der Waals surface area contributed by atoms with E-state index in [4.69, 9.17) is 0 Å². The number of hydrogen-bond donors (Lipinski definition) is 1. The quantitative estimate of drug-likeness (QED) is 0.874. The van der Waals surface area contributed by atoms with Crippen LogP contribution >= 0.6 is 0 Å². The zero-order chi connectivity index (χ0) is 12.5. The fraction of sp³-hybridized carbons (Fsp3) is 0.625. The van der Waals surface area contributed by atoms with Gasteiger partial charge in [-0.1, -0.05) is 25.1 Å². The van der Waals surface area contributed by atoms with Crippen molar-refractivity contribution in [3.63, 3.8) is 0 Å².